The highest BCUT2D eigenvalue weighted by atomic mass is 35.5. The molecule has 7 nitrogen and oxygen atoms in total. The number of benzene rings is 1. The van der Waals surface area contributed by atoms with Crippen molar-refractivity contribution in [3.8, 4) is 11.1 Å². The van der Waals surface area contributed by atoms with Gasteiger partial charge in [0.25, 0.3) is 0 Å². The Hall–Kier alpha value is -1.13. The third kappa shape index (κ3) is 6.84. The van der Waals surface area contributed by atoms with E-state index in [1.54, 1.807) is 16.4 Å². The Bertz CT molecular complexity index is 1030. The normalized spacial score (nSPS) is 20.3. The molecule has 1 aromatic carbocycles. The van der Waals surface area contributed by atoms with Crippen molar-refractivity contribution in [3.05, 3.63) is 42.6 Å². The van der Waals surface area contributed by atoms with E-state index in [1.165, 1.54) is 25.7 Å². The van der Waals surface area contributed by atoms with Crippen molar-refractivity contribution < 1.29 is 8.42 Å². The van der Waals surface area contributed by atoms with E-state index in [0.29, 0.717) is 18.0 Å². The second-order valence-electron chi connectivity index (χ2n) is 9.60. The van der Waals surface area contributed by atoms with Crippen LogP contribution in [0.15, 0.2) is 47.5 Å². The molecule has 3 aliphatic rings. The van der Waals surface area contributed by atoms with Gasteiger partial charge in [-0.2, -0.15) is 4.31 Å². The topological polar surface area (TPSA) is 60.0 Å². The SMILES string of the molecule is CN1CCN(S(=O)(=O)c2ccc(-c3ccc(N4CCN(C5CCCC5)CC4)nc3)cc2)CC1.Cl.Cl.Cl. The average molecular weight is 579 g/mol. The quantitative estimate of drug-likeness (QED) is 0.534. The zero-order valence-corrected chi connectivity index (χ0v) is 24.1. The van der Waals surface area contributed by atoms with Gasteiger partial charge in [-0.1, -0.05) is 25.0 Å². The van der Waals surface area contributed by atoms with Gasteiger partial charge in [-0.25, -0.2) is 13.4 Å². The largest absolute Gasteiger partial charge is 0.354 e. The first-order valence-electron chi connectivity index (χ1n) is 12.2. The monoisotopic (exact) mass is 577 g/mol. The molecule has 0 unspecified atom stereocenters. The van der Waals surface area contributed by atoms with E-state index in [1.807, 2.05) is 25.4 Å². The van der Waals surface area contributed by atoms with Crippen LogP contribution in [0.5, 0.6) is 0 Å². The molecule has 0 amide bonds. The molecule has 5 rings (SSSR count). The number of likely N-dealkylation sites (N-methyl/N-ethyl adjacent to an activating group) is 1. The van der Waals surface area contributed by atoms with Crippen LogP contribution in [0, 0.1) is 0 Å². The zero-order chi connectivity index (χ0) is 22.8. The highest BCUT2D eigenvalue weighted by Crippen LogP contribution is 2.27. The van der Waals surface area contributed by atoms with Crippen molar-refractivity contribution in [1.29, 1.82) is 0 Å². The number of hydrogen-bond acceptors (Lipinski definition) is 6. The molecule has 3 heterocycles. The lowest BCUT2D eigenvalue weighted by molar-refractivity contribution is 0.187. The standard InChI is InChI=1S/C25H35N5O2S.3ClH/c1-27-12-18-30(19-13-27)33(31,32)24-9-6-21(7-10-24)22-8-11-25(26-20-22)29-16-14-28(15-17-29)23-4-2-3-5-23;;;/h6-11,20,23H,2-5,12-19H2,1H3;3*1H. The summed E-state index contributed by atoms with van der Waals surface area (Å²) in [6.07, 6.45) is 7.40. The lowest BCUT2D eigenvalue weighted by Crippen LogP contribution is -2.49. The van der Waals surface area contributed by atoms with Crippen LogP contribution in [-0.2, 0) is 10.0 Å². The average Bonchev–Trinajstić information content (AvgIpc) is 3.40. The fraction of sp³-hybridized carbons (Fsp3) is 0.560. The first kappa shape index (κ1) is 31.1. The number of piperazine rings is 2. The number of anilines is 1. The third-order valence-electron chi connectivity index (χ3n) is 7.51. The van der Waals surface area contributed by atoms with E-state index in [2.05, 4.69) is 26.8 Å². The van der Waals surface area contributed by atoms with E-state index in [9.17, 15) is 8.42 Å². The summed E-state index contributed by atoms with van der Waals surface area (Å²) in [7, 11) is -1.41. The van der Waals surface area contributed by atoms with Crippen LogP contribution in [0.2, 0.25) is 0 Å². The number of pyridine rings is 1. The van der Waals surface area contributed by atoms with Crippen LogP contribution >= 0.6 is 37.2 Å². The van der Waals surface area contributed by atoms with Gasteiger partial charge in [-0.15, -0.1) is 37.2 Å². The van der Waals surface area contributed by atoms with E-state index in [0.717, 1.165) is 62.3 Å². The van der Waals surface area contributed by atoms with Crippen LogP contribution in [0.1, 0.15) is 25.7 Å². The molecule has 3 fully saturated rings. The van der Waals surface area contributed by atoms with Crippen molar-refractivity contribution in [1.82, 2.24) is 19.1 Å². The lowest BCUT2D eigenvalue weighted by Gasteiger charge is -2.38. The van der Waals surface area contributed by atoms with E-state index in [-0.39, 0.29) is 37.2 Å². The molecule has 11 heteroatoms. The summed E-state index contributed by atoms with van der Waals surface area (Å²) in [5.74, 6) is 1.03. The number of aromatic nitrogens is 1. The highest BCUT2D eigenvalue weighted by Gasteiger charge is 2.28. The van der Waals surface area contributed by atoms with Crippen LogP contribution in [0.3, 0.4) is 0 Å². The molecule has 36 heavy (non-hydrogen) atoms. The molecule has 0 atom stereocenters. The smallest absolute Gasteiger partial charge is 0.243 e. The number of hydrogen-bond donors (Lipinski definition) is 0. The number of nitrogens with zero attached hydrogens (tertiary/aromatic N) is 5. The van der Waals surface area contributed by atoms with Gasteiger partial charge in [-0.05, 0) is 49.7 Å². The zero-order valence-electron chi connectivity index (χ0n) is 20.8. The fourth-order valence-electron chi connectivity index (χ4n) is 5.33. The van der Waals surface area contributed by atoms with Gasteiger partial charge < -0.3 is 9.80 Å². The molecule has 202 valence electrons. The van der Waals surface area contributed by atoms with Crippen LogP contribution in [0.25, 0.3) is 11.1 Å². The van der Waals surface area contributed by atoms with Crippen molar-refractivity contribution in [2.75, 3.05) is 64.3 Å². The predicted octanol–water partition coefficient (Wildman–Crippen LogP) is 4.01. The molecular formula is C25H38Cl3N5O2S. The van der Waals surface area contributed by atoms with Gasteiger partial charge in [0.05, 0.1) is 4.90 Å². The van der Waals surface area contributed by atoms with Gasteiger partial charge >= 0.3 is 0 Å². The fourth-order valence-corrected chi connectivity index (χ4v) is 6.75. The molecule has 2 aliphatic heterocycles. The molecule has 1 aliphatic carbocycles. The minimum absolute atomic E-state index is 0. The van der Waals surface area contributed by atoms with E-state index >= 15 is 0 Å². The van der Waals surface area contributed by atoms with Crippen LogP contribution in [-0.4, -0.2) is 93.0 Å². The maximum Gasteiger partial charge on any atom is 0.243 e. The van der Waals surface area contributed by atoms with Gasteiger partial charge in [0.1, 0.15) is 5.82 Å². The first-order valence-corrected chi connectivity index (χ1v) is 13.7. The van der Waals surface area contributed by atoms with Gasteiger partial charge in [0, 0.05) is 70.2 Å². The van der Waals surface area contributed by atoms with Crippen molar-refractivity contribution >= 4 is 53.1 Å². The number of sulfonamides is 1. The van der Waals surface area contributed by atoms with Crippen LogP contribution < -0.4 is 4.90 Å². The van der Waals surface area contributed by atoms with E-state index < -0.39 is 10.0 Å². The van der Waals surface area contributed by atoms with Gasteiger partial charge in [0.15, 0.2) is 0 Å². The van der Waals surface area contributed by atoms with Crippen LogP contribution in [0.4, 0.5) is 5.82 Å². The molecule has 1 saturated carbocycles. The Kier molecular flexibility index (Phi) is 11.7. The summed E-state index contributed by atoms with van der Waals surface area (Å²) in [4.78, 5) is 12.3. The van der Waals surface area contributed by atoms with Crippen molar-refractivity contribution in [2.24, 2.45) is 0 Å². The van der Waals surface area contributed by atoms with Gasteiger partial charge in [-0.3, -0.25) is 4.90 Å². The minimum atomic E-state index is -3.44. The predicted molar refractivity (Wildman–Crippen MR) is 154 cm³/mol. The Balaban J connectivity index is 0.00000152. The maximum absolute atomic E-state index is 13.0. The summed E-state index contributed by atoms with van der Waals surface area (Å²) in [6.45, 7) is 6.93. The number of halogens is 3. The molecule has 2 aromatic rings. The molecular weight excluding hydrogens is 541 g/mol. The van der Waals surface area contributed by atoms with E-state index in [4.69, 9.17) is 4.98 Å². The minimum Gasteiger partial charge on any atom is -0.354 e. The van der Waals surface area contributed by atoms with Crippen molar-refractivity contribution in [3.63, 3.8) is 0 Å². The summed E-state index contributed by atoms with van der Waals surface area (Å²) < 4.78 is 27.5. The van der Waals surface area contributed by atoms with Crippen molar-refractivity contribution in [2.45, 2.75) is 36.6 Å². The molecule has 0 radical (unpaired) electrons. The molecule has 2 saturated heterocycles. The Morgan fingerprint density at radius 2 is 1.33 bits per heavy atom. The summed E-state index contributed by atoms with van der Waals surface area (Å²) in [5.41, 5.74) is 1.99. The molecule has 0 N–H and O–H groups in total. The second-order valence-corrected chi connectivity index (χ2v) is 11.5. The highest BCUT2D eigenvalue weighted by molar-refractivity contribution is 7.89. The Labute approximate surface area is 234 Å². The number of rotatable bonds is 5. The Morgan fingerprint density at radius 1 is 0.750 bits per heavy atom. The summed E-state index contributed by atoms with van der Waals surface area (Å²) >= 11 is 0. The molecule has 0 spiro atoms. The first-order chi connectivity index (χ1) is 16.0. The summed E-state index contributed by atoms with van der Waals surface area (Å²) in [5, 5.41) is 0. The summed E-state index contributed by atoms with van der Waals surface area (Å²) in [6, 6.07) is 12.2. The third-order valence-corrected chi connectivity index (χ3v) is 9.43. The molecule has 1 aromatic heterocycles. The Morgan fingerprint density at radius 3 is 1.89 bits per heavy atom. The lowest BCUT2D eigenvalue weighted by atomic mass is 10.1. The second kappa shape index (κ2) is 13.6. The maximum atomic E-state index is 13.0. The molecule has 0 bridgehead atoms. The van der Waals surface area contributed by atoms with Gasteiger partial charge in [0.2, 0.25) is 10.0 Å².